The van der Waals surface area contributed by atoms with Crippen molar-refractivity contribution in [3.05, 3.63) is 42.5 Å². The maximum Gasteiger partial charge on any atom is 0.240 e. The van der Waals surface area contributed by atoms with E-state index in [4.69, 9.17) is 5.73 Å². The molecule has 0 aliphatic rings. The Morgan fingerprint density at radius 3 is 2.54 bits per heavy atom. The van der Waals surface area contributed by atoms with Gasteiger partial charge >= 0.3 is 0 Å². The normalized spacial score (nSPS) is 12.9. The van der Waals surface area contributed by atoms with Gasteiger partial charge in [-0.1, -0.05) is 30.3 Å². The van der Waals surface area contributed by atoms with Gasteiger partial charge in [-0.15, -0.1) is 0 Å². The van der Waals surface area contributed by atoms with Gasteiger partial charge in [0.25, 0.3) is 0 Å². The van der Waals surface area contributed by atoms with Crippen molar-refractivity contribution in [2.24, 2.45) is 5.73 Å². The van der Waals surface area contributed by atoms with Gasteiger partial charge in [-0.05, 0) is 36.2 Å². The van der Waals surface area contributed by atoms with Crippen LogP contribution in [0.5, 0.6) is 0 Å². The highest BCUT2D eigenvalue weighted by molar-refractivity contribution is 7.89. The number of benzene rings is 2. The van der Waals surface area contributed by atoms with Crippen molar-refractivity contribution >= 4 is 26.7 Å². The summed E-state index contributed by atoms with van der Waals surface area (Å²) in [5.41, 5.74) is 5.60. The van der Waals surface area contributed by atoms with Gasteiger partial charge in [0.1, 0.15) is 0 Å². The number of hydrogen-bond acceptors (Lipinski definition) is 4. The molecular weight excluding hydrogens is 326 g/mol. The molecule has 0 aliphatic heterocycles. The minimum atomic E-state index is -3.63. The third-order valence-corrected chi connectivity index (χ3v) is 5.06. The molecule has 1 unspecified atom stereocenters. The maximum atomic E-state index is 12.3. The molecule has 6 nitrogen and oxygen atoms in total. The number of rotatable bonds is 8. The van der Waals surface area contributed by atoms with E-state index in [1.165, 1.54) is 0 Å². The summed E-state index contributed by atoms with van der Waals surface area (Å²) in [6.07, 6.45) is 0.778. The lowest BCUT2D eigenvalue weighted by Crippen LogP contribution is -2.32. The van der Waals surface area contributed by atoms with E-state index in [1.807, 2.05) is 31.2 Å². The van der Waals surface area contributed by atoms with Crippen molar-refractivity contribution in [2.75, 3.05) is 13.1 Å². The Hall–Kier alpha value is -1.96. The molecule has 0 bridgehead atoms. The molecule has 0 fully saturated rings. The zero-order valence-corrected chi connectivity index (χ0v) is 14.5. The van der Waals surface area contributed by atoms with E-state index >= 15 is 0 Å². The van der Waals surface area contributed by atoms with E-state index in [0.29, 0.717) is 13.0 Å². The average molecular weight is 349 g/mol. The van der Waals surface area contributed by atoms with Gasteiger partial charge in [0, 0.05) is 25.6 Å². The molecule has 1 atom stereocenters. The summed E-state index contributed by atoms with van der Waals surface area (Å²) >= 11 is 0. The number of hydrogen-bond donors (Lipinski definition) is 3. The molecule has 2 aromatic rings. The Morgan fingerprint density at radius 2 is 1.83 bits per heavy atom. The van der Waals surface area contributed by atoms with Crippen LogP contribution in [0.3, 0.4) is 0 Å². The second-order valence-corrected chi connectivity index (χ2v) is 7.54. The maximum absolute atomic E-state index is 12.3. The molecule has 7 heteroatoms. The van der Waals surface area contributed by atoms with Gasteiger partial charge in [-0.2, -0.15) is 0 Å². The van der Waals surface area contributed by atoms with Crippen molar-refractivity contribution < 1.29 is 13.2 Å². The predicted molar refractivity (Wildman–Crippen MR) is 95.0 cm³/mol. The SMILES string of the molecule is CC(N)CCNC(=O)CCNS(=O)(=O)c1ccc2ccccc2c1. The predicted octanol–water partition coefficient (Wildman–Crippen LogP) is 1.36. The number of carbonyl (C=O) groups is 1. The summed E-state index contributed by atoms with van der Waals surface area (Å²) in [4.78, 5) is 11.8. The van der Waals surface area contributed by atoms with Crippen LogP contribution in [0.2, 0.25) is 0 Å². The van der Waals surface area contributed by atoms with Gasteiger partial charge in [-0.3, -0.25) is 4.79 Å². The number of nitrogens with two attached hydrogens (primary N) is 1. The van der Waals surface area contributed by atoms with Gasteiger partial charge in [0.15, 0.2) is 0 Å². The first-order valence-electron chi connectivity index (χ1n) is 7.89. The Morgan fingerprint density at radius 1 is 1.12 bits per heavy atom. The Balaban J connectivity index is 1.89. The molecule has 24 heavy (non-hydrogen) atoms. The highest BCUT2D eigenvalue weighted by Gasteiger charge is 2.14. The summed E-state index contributed by atoms with van der Waals surface area (Å²) < 4.78 is 27.1. The highest BCUT2D eigenvalue weighted by Crippen LogP contribution is 2.18. The second kappa shape index (κ2) is 8.23. The third-order valence-electron chi connectivity index (χ3n) is 3.60. The molecule has 4 N–H and O–H groups in total. The van der Waals surface area contributed by atoms with Crippen LogP contribution in [0.25, 0.3) is 10.8 Å². The topological polar surface area (TPSA) is 101 Å². The monoisotopic (exact) mass is 349 g/mol. The zero-order chi connectivity index (χ0) is 17.6. The molecule has 0 aliphatic carbocycles. The Bertz CT molecular complexity index is 804. The van der Waals surface area contributed by atoms with Crippen molar-refractivity contribution in [1.82, 2.24) is 10.0 Å². The number of nitrogens with one attached hydrogen (secondary N) is 2. The van der Waals surface area contributed by atoms with Gasteiger partial charge < -0.3 is 11.1 Å². The molecule has 1 amide bonds. The van der Waals surface area contributed by atoms with Crippen LogP contribution in [0.1, 0.15) is 19.8 Å². The lowest BCUT2D eigenvalue weighted by molar-refractivity contribution is -0.120. The fraction of sp³-hybridized carbons (Fsp3) is 0.353. The van der Waals surface area contributed by atoms with Crippen LogP contribution in [0.4, 0.5) is 0 Å². The molecular formula is C17H23N3O3S. The average Bonchev–Trinajstić information content (AvgIpc) is 2.54. The molecule has 0 saturated carbocycles. The second-order valence-electron chi connectivity index (χ2n) is 5.77. The quantitative estimate of drug-likeness (QED) is 0.670. The molecule has 130 valence electrons. The lowest BCUT2D eigenvalue weighted by Gasteiger charge is -2.09. The Labute approximate surface area is 142 Å². The summed E-state index contributed by atoms with van der Waals surface area (Å²) in [6.45, 7) is 2.41. The van der Waals surface area contributed by atoms with E-state index in [2.05, 4.69) is 10.0 Å². The van der Waals surface area contributed by atoms with Crippen LogP contribution in [-0.4, -0.2) is 33.5 Å². The number of amides is 1. The summed E-state index contributed by atoms with van der Waals surface area (Å²) in [7, 11) is -3.63. The molecule has 2 rings (SSSR count). The fourth-order valence-corrected chi connectivity index (χ4v) is 3.31. The highest BCUT2D eigenvalue weighted by atomic mass is 32.2. The first-order valence-corrected chi connectivity index (χ1v) is 9.37. The molecule has 0 spiro atoms. The van der Waals surface area contributed by atoms with Crippen molar-refractivity contribution in [1.29, 1.82) is 0 Å². The minimum Gasteiger partial charge on any atom is -0.356 e. The third kappa shape index (κ3) is 5.30. The van der Waals surface area contributed by atoms with Crippen molar-refractivity contribution in [3.8, 4) is 0 Å². The standard InChI is InChI=1S/C17H23N3O3S/c1-13(18)8-10-19-17(21)9-11-20-24(22,23)16-7-6-14-4-2-3-5-15(14)12-16/h2-7,12-13,20H,8-11,18H2,1H3,(H,19,21). The van der Waals surface area contributed by atoms with Gasteiger partial charge in [0.05, 0.1) is 4.90 Å². The van der Waals surface area contributed by atoms with E-state index in [-0.39, 0.29) is 29.8 Å². The summed E-state index contributed by atoms with van der Waals surface area (Å²) in [6, 6.07) is 12.5. The van der Waals surface area contributed by atoms with Crippen LogP contribution < -0.4 is 15.8 Å². The van der Waals surface area contributed by atoms with Gasteiger partial charge in [-0.25, -0.2) is 13.1 Å². The van der Waals surface area contributed by atoms with Crippen LogP contribution >= 0.6 is 0 Å². The number of carbonyl (C=O) groups excluding carboxylic acids is 1. The van der Waals surface area contributed by atoms with E-state index in [9.17, 15) is 13.2 Å². The molecule has 0 radical (unpaired) electrons. The largest absolute Gasteiger partial charge is 0.356 e. The first-order chi connectivity index (χ1) is 11.4. The first kappa shape index (κ1) is 18.4. The fourth-order valence-electron chi connectivity index (χ4n) is 2.24. The molecule has 0 saturated heterocycles. The zero-order valence-electron chi connectivity index (χ0n) is 13.7. The van der Waals surface area contributed by atoms with E-state index in [0.717, 1.165) is 10.8 Å². The number of fused-ring (bicyclic) bond motifs is 1. The number of sulfonamides is 1. The van der Waals surface area contributed by atoms with E-state index < -0.39 is 10.0 Å². The van der Waals surface area contributed by atoms with E-state index in [1.54, 1.807) is 18.2 Å². The van der Waals surface area contributed by atoms with Gasteiger partial charge in [0.2, 0.25) is 15.9 Å². The lowest BCUT2D eigenvalue weighted by atomic mass is 10.1. The van der Waals surface area contributed by atoms with Crippen LogP contribution in [0, 0.1) is 0 Å². The molecule has 0 heterocycles. The summed E-state index contributed by atoms with van der Waals surface area (Å²) in [5, 5.41) is 4.54. The van der Waals surface area contributed by atoms with Crippen LogP contribution in [-0.2, 0) is 14.8 Å². The summed E-state index contributed by atoms with van der Waals surface area (Å²) in [5.74, 6) is -0.197. The molecule has 0 aromatic heterocycles. The van der Waals surface area contributed by atoms with Crippen LogP contribution in [0.15, 0.2) is 47.4 Å². The van der Waals surface area contributed by atoms with Crippen molar-refractivity contribution in [2.45, 2.75) is 30.7 Å². The molecule has 2 aromatic carbocycles. The Kier molecular flexibility index (Phi) is 6.30. The minimum absolute atomic E-state index is 0.0247. The van der Waals surface area contributed by atoms with Crippen molar-refractivity contribution in [3.63, 3.8) is 0 Å². The smallest absolute Gasteiger partial charge is 0.240 e.